The van der Waals surface area contributed by atoms with E-state index in [0.29, 0.717) is 25.7 Å². The van der Waals surface area contributed by atoms with Crippen LogP contribution >= 0.6 is 15.6 Å². The maximum Gasteiger partial charge on any atom is 0.472 e. The molecule has 0 heterocycles. The molecule has 0 aliphatic carbocycles. The van der Waals surface area contributed by atoms with E-state index in [1.54, 1.807) is 0 Å². The molecule has 0 saturated heterocycles. The summed E-state index contributed by atoms with van der Waals surface area (Å²) < 4.78 is 68.4. The summed E-state index contributed by atoms with van der Waals surface area (Å²) in [6, 6.07) is 0. The van der Waals surface area contributed by atoms with Crippen molar-refractivity contribution in [2.45, 2.75) is 419 Å². The Labute approximate surface area is 581 Å². The van der Waals surface area contributed by atoms with Crippen molar-refractivity contribution in [1.29, 1.82) is 0 Å². The topological polar surface area (TPSA) is 237 Å². The lowest BCUT2D eigenvalue weighted by atomic mass is 10.0. The number of aliphatic hydroxyl groups excluding tert-OH is 1. The fourth-order valence-electron chi connectivity index (χ4n) is 11.7. The molecule has 95 heavy (non-hydrogen) atoms. The Kier molecular flexibility index (Phi) is 67.7. The van der Waals surface area contributed by atoms with Gasteiger partial charge in [-0.3, -0.25) is 37.3 Å². The largest absolute Gasteiger partial charge is 0.472 e. The molecule has 0 aliphatic rings. The molecule has 0 aromatic carbocycles. The number of hydrogen-bond acceptors (Lipinski definition) is 15. The average Bonchev–Trinajstić information content (AvgIpc) is 3.01. The Hall–Kier alpha value is -1.94. The average molecular weight is 1400 g/mol. The highest BCUT2D eigenvalue weighted by Crippen LogP contribution is 2.45. The summed E-state index contributed by atoms with van der Waals surface area (Å²) in [7, 11) is -9.90. The van der Waals surface area contributed by atoms with Gasteiger partial charge in [0, 0.05) is 25.7 Å². The van der Waals surface area contributed by atoms with Gasteiger partial charge in [0.25, 0.3) is 0 Å². The van der Waals surface area contributed by atoms with Gasteiger partial charge in [-0.25, -0.2) is 9.13 Å². The summed E-state index contributed by atoms with van der Waals surface area (Å²) in [6.45, 7) is 7.22. The zero-order valence-corrected chi connectivity index (χ0v) is 63.6. The highest BCUT2D eigenvalue weighted by molar-refractivity contribution is 7.47. The first-order valence-electron chi connectivity index (χ1n) is 39.6. The number of phosphoric acid groups is 2. The zero-order chi connectivity index (χ0) is 69.8. The molecule has 0 aromatic rings. The molecule has 0 aromatic heterocycles. The van der Waals surface area contributed by atoms with Gasteiger partial charge in [-0.2, -0.15) is 0 Å². The Morgan fingerprint density at radius 3 is 0.716 bits per heavy atom. The number of unbranched alkanes of at least 4 members (excludes halogenated alkanes) is 48. The number of hydrogen-bond donors (Lipinski definition) is 3. The molecule has 2 unspecified atom stereocenters. The lowest BCUT2D eigenvalue weighted by molar-refractivity contribution is -0.161. The number of ether oxygens (including phenoxy) is 4. The van der Waals surface area contributed by atoms with Crippen LogP contribution in [0.1, 0.15) is 401 Å². The molecular weight excluding hydrogens is 1250 g/mol. The SMILES string of the molecule is CCCCCCCCCCCCCCCCCCCCCCCCC(=O)O[C@H](COC(=O)CCCCCCCCCCCCCCCC)COP(=O)(O)OC[C@@H](O)COP(=O)(O)OC[C@@H](COC(=O)CCCCCCCCC)OC(=O)CCCCCCCCCCCC(C)C. The van der Waals surface area contributed by atoms with Crippen LogP contribution in [0.5, 0.6) is 0 Å². The number of rotatable bonds is 76. The Morgan fingerprint density at radius 2 is 0.484 bits per heavy atom. The number of carbonyl (C=O) groups excluding carboxylic acids is 4. The van der Waals surface area contributed by atoms with Crippen LogP contribution in [0.3, 0.4) is 0 Å². The van der Waals surface area contributed by atoms with E-state index in [1.807, 2.05) is 0 Å². The molecule has 0 aliphatic heterocycles. The van der Waals surface area contributed by atoms with E-state index in [-0.39, 0.29) is 25.7 Å². The molecule has 0 fully saturated rings. The molecule has 0 amide bonds. The van der Waals surface area contributed by atoms with E-state index in [2.05, 4.69) is 34.6 Å². The van der Waals surface area contributed by atoms with Gasteiger partial charge in [-0.15, -0.1) is 0 Å². The van der Waals surface area contributed by atoms with Gasteiger partial charge in [0.2, 0.25) is 0 Å². The summed E-state index contributed by atoms with van der Waals surface area (Å²) >= 11 is 0. The van der Waals surface area contributed by atoms with Crippen LogP contribution < -0.4 is 0 Å². The lowest BCUT2D eigenvalue weighted by Crippen LogP contribution is -2.30. The van der Waals surface area contributed by atoms with Crippen LogP contribution in [-0.2, 0) is 65.4 Å². The molecule has 3 N–H and O–H groups in total. The standard InChI is InChI=1S/C76H148O17P2/c1-6-9-12-15-18-20-22-24-26-27-28-29-30-31-32-33-35-37-41-46-51-56-61-75(80)93-72(66-87-74(79)60-55-50-45-40-36-34-25-23-21-19-16-13-10-7-2)68-91-95(84,85)89-64-70(77)63-88-94(82,83)90-67-71(65-86-73(78)59-54-49-43-17-14-11-8-3)92-76(81)62-57-52-47-42-38-39-44-48-53-58-69(4)5/h69-72,77H,6-68H2,1-5H3,(H,82,83)(H,84,85)/t70-,71+,72+/m0/s1. The number of esters is 4. The van der Waals surface area contributed by atoms with Crippen LogP contribution in [0.15, 0.2) is 0 Å². The molecule has 19 heteroatoms. The molecular formula is C76H148O17P2. The van der Waals surface area contributed by atoms with E-state index >= 15 is 0 Å². The summed E-state index contributed by atoms with van der Waals surface area (Å²) in [6.07, 6.45) is 58.6. The highest BCUT2D eigenvalue weighted by atomic mass is 31.2. The number of carbonyl (C=O) groups is 4. The van der Waals surface area contributed by atoms with E-state index in [1.165, 1.54) is 212 Å². The Balaban J connectivity index is 5.14. The van der Waals surface area contributed by atoms with Crippen LogP contribution in [0.2, 0.25) is 0 Å². The lowest BCUT2D eigenvalue weighted by Gasteiger charge is -2.21. The smallest absolute Gasteiger partial charge is 0.462 e. The van der Waals surface area contributed by atoms with E-state index in [0.717, 1.165) is 109 Å². The first kappa shape index (κ1) is 93.1. The molecule has 0 bridgehead atoms. The first-order chi connectivity index (χ1) is 46.0. The molecule has 0 radical (unpaired) electrons. The van der Waals surface area contributed by atoms with E-state index in [4.69, 9.17) is 37.0 Å². The number of phosphoric ester groups is 2. The summed E-state index contributed by atoms with van der Waals surface area (Å²) in [5.74, 6) is -1.38. The molecule has 5 atom stereocenters. The van der Waals surface area contributed by atoms with Crippen molar-refractivity contribution in [1.82, 2.24) is 0 Å². The third-order valence-electron chi connectivity index (χ3n) is 17.8. The molecule has 564 valence electrons. The Morgan fingerprint density at radius 1 is 0.284 bits per heavy atom. The second-order valence-corrected chi connectivity index (χ2v) is 30.8. The monoisotopic (exact) mass is 1400 g/mol. The second kappa shape index (κ2) is 69.2. The minimum atomic E-state index is -4.96. The van der Waals surface area contributed by atoms with Crippen molar-refractivity contribution in [3.63, 3.8) is 0 Å². The molecule has 0 spiro atoms. The first-order valence-corrected chi connectivity index (χ1v) is 42.6. The van der Waals surface area contributed by atoms with Gasteiger partial charge in [0.1, 0.15) is 19.3 Å². The van der Waals surface area contributed by atoms with Crippen molar-refractivity contribution in [3.05, 3.63) is 0 Å². The van der Waals surface area contributed by atoms with Crippen LogP contribution in [0, 0.1) is 5.92 Å². The van der Waals surface area contributed by atoms with E-state index < -0.39 is 97.5 Å². The second-order valence-electron chi connectivity index (χ2n) is 27.9. The van der Waals surface area contributed by atoms with Gasteiger partial charge in [-0.1, -0.05) is 349 Å². The Bertz CT molecular complexity index is 1820. The zero-order valence-electron chi connectivity index (χ0n) is 61.8. The van der Waals surface area contributed by atoms with Crippen LogP contribution in [-0.4, -0.2) is 96.7 Å². The van der Waals surface area contributed by atoms with Crippen LogP contribution in [0.4, 0.5) is 0 Å². The van der Waals surface area contributed by atoms with Gasteiger partial charge in [0.15, 0.2) is 12.2 Å². The summed E-state index contributed by atoms with van der Waals surface area (Å²) in [5.41, 5.74) is 0. The predicted molar refractivity (Wildman–Crippen MR) is 386 cm³/mol. The van der Waals surface area contributed by atoms with Crippen molar-refractivity contribution in [2.75, 3.05) is 39.6 Å². The maximum atomic E-state index is 13.1. The van der Waals surface area contributed by atoms with Gasteiger partial charge in [0.05, 0.1) is 26.4 Å². The van der Waals surface area contributed by atoms with Crippen molar-refractivity contribution in [2.24, 2.45) is 5.92 Å². The van der Waals surface area contributed by atoms with Gasteiger partial charge in [-0.05, 0) is 31.6 Å². The number of aliphatic hydroxyl groups is 1. The van der Waals surface area contributed by atoms with Crippen molar-refractivity contribution >= 4 is 39.5 Å². The van der Waals surface area contributed by atoms with Crippen molar-refractivity contribution in [3.8, 4) is 0 Å². The van der Waals surface area contributed by atoms with Crippen LogP contribution in [0.25, 0.3) is 0 Å². The molecule has 17 nitrogen and oxygen atoms in total. The fourth-order valence-corrected chi connectivity index (χ4v) is 13.3. The maximum absolute atomic E-state index is 13.1. The molecule has 0 rings (SSSR count). The summed E-state index contributed by atoms with van der Waals surface area (Å²) in [4.78, 5) is 72.6. The fraction of sp³-hybridized carbons (Fsp3) is 0.947. The van der Waals surface area contributed by atoms with Gasteiger partial charge >= 0.3 is 39.5 Å². The van der Waals surface area contributed by atoms with E-state index in [9.17, 15) is 43.2 Å². The third-order valence-corrected chi connectivity index (χ3v) is 19.7. The third kappa shape index (κ3) is 70.3. The summed E-state index contributed by atoms with van der Waals surface area (Å²) in [5, 5.41) is 10.6. The quantitative estimate of drug-likeness (QED) is 0.0222. The minimum Gasteiger partial charge on any atom is -0.462 e. The van der Waals surface area contributed by atoms with Crippen molar-refractivity contribution < 1.29 is 80.2 Å². The minimum absolute atomic E-state index is 0.105. The normalized spacial score (nSPS) is 13.9. The predicted octanol–water partition coefficient (Wildman–Crippen LogP) is 22.5. The van der Waals surface area contributed by atoms with Gasteiger partial charge < -0.3 is 33.8 Å². The molecule has 0 saturated carbocycles. The highest BCUT2D eigenvalue weighted by Gasteiger charge is 2.30.